The Balaban J connectivity index is 1.67. The summed E-state index contributed by atoms with van der Waals surface area (Å²) in [5, 5.41) is 3.42. The summed E-state index contributed by atoms with van der Waals surface area (Å²) < 4.78 is 11.1. The van der Waals surface area contributed by atoms with Gasteiger partial charge in [0.25, 0.3) is 0 Å². The third kappa shape index (κ3) is 3.77. The lowest BCUT2D eigenvalue weighted by molar-refractivity contribution is -0.00224. The van der Waals surface area contributed by atoms with Gasteiger partial charge in [0.2, 0.25) is 0 Å². The number of nitrogens with one attached hydrogen (secondary N) is 1. The topological polar surface area (TPSA) is 60.5 Å². The Labute approximate surface area is 131 Å². The number of anilines is 1. The second kappa shape index (κ2) is 6.65. The molecule has 2 fully saturated rings. The number of pyridine rings is 1. The smallest absolute Gasteiger partial charge is 0.342 e. The van der Waals surface area contributed by atoms with Crippen molar-refractivity contribution in [1.82, 2.24) is 4.98 Å². The van der Waals surface area contributed by atoms with Crippen LogP contribution in [0.2, 0.25) is 0 Å². The van der Waals surface area contributed by atoms with Crippen molar-refractivity contribution in [2.75, 3.05) is 11.9 Å². The second-order valence-corrected chi connectivity index (χ2v) is 6.47. The molecule has 0 aromatic carbocycles. The summed E-state index contributed by atoms with van der Waals surface area (Å²) in [6.07, 6.45) is 6.42. The zero-order valence-corrected chi connectivity index (χ0v) is 13.2. The summed E-state index contributed by atoms with van der Waals surface area (Å²) in [5.41, 5.74) is 0.505. The molecule has 120 valence electrons. The van der Waals surface area contributed by atoms with Gasteiger partial charge in [-0.25, -0.2) is 9.78 Å². The van der Waals surface area contributed by atoms with E-state index in [1.807, 2.05) is 13.8 Å². The number of hydrogen-bond donors (Lipinski definition) is 1. The molecule has 1 saturated heterocycles. The molecule has 0 radical (unpaired) electrons. The third-order valence-electron chi connectivity index (χ3n) is 4.17. The van der Waals surface area contributed by atoms with Crippen LogP contribution < -0.4 is 5.32 Å². The zero-order valence-electron chi connectivity index (χ0n) is 13.2. The quantitative estimate of drug-likeness (QED) is 0.847. The molecule has 2 unspecified atom stereocenters. The highest BCUT2D eigenvalue weighted by atomic mass is 16.5. The van der Waals surface area contributed by atoms with E-state index in [9.17, 15) is 4.79 Å². The fraction of sp³-hybridized carbons (Fsp3) is 0.647. The molecule has 1 aromatic heterocycles. The SMILES string of the molecule is CC(C)OC(=O)c1cccnc1NC1CCOC(C2CC2)C1. The van der Waals surface area contributed by atoms with Crippen LogP contribution >= 0.6 is 0 Å². The van der Waals surface area contributed by atoms with Gasteiger partial charge in [-0.2, -0.15) is 0 Å². The molecule has 22 heavy (non-hydrogen) atoms. The minimum atomic E-state index is -0.323. The summed E-state index contributed by atoms with van der Waals surface area (Å²) in [6, 6.07) is 3.83. The Hall–Kier alpha value is -1.62. The standard InChI is InChI=1S/C17H24N2O3/c1-11(2)22-17(20)14-4-3-8-18-16(14)19-13-7-9-21-15(10-13)12-5-6-12/h3-4,8,11-13,15H,5-7,9-10H2,1-2H3,(H,18,19). The molecule has 2 heterocycles. The molecule has 0 bridgehead atoms. The molecule has 5 heteroatoms. The van der Waals surface area contributed by atoms with Crippen LogP contribution in [0.3, 0.4) is 0 Å². The first-order chi connectivity index (χ1) is 10.6. The predicted octanol–water partition coefficient (Wildman–Crippen LogP) is 3.02. The number of ether oxygens (including phenoxy) is 2. The first kappa shape index (κ1) is 15.3. The van der Waals surface area contributed by atoms with Gasteiger partial charge in [-0.05, 0) is 57.6 Å². The highest BCUT2D eigenvalue weighted by Gasteiger charge is 2.36. The molecular formula is C17H24N2O3. The Kier molecular flexibility index (Phi) is 4.62. The van der Waals surface area contributed by atoms with Gasteiger partial charge in [-0.15, -0.1) is 0 Å². The number of aromatic nitrogens is 1. The maximum atomic E-state index is 12.2. The van der Waals surface area contributed by atoms with Crippen LogP contribution in [0.1, 0.15) is 49.9 Å². The van der Waals surface area contributed by atoms with Gasteiger partial charge in [-0.3, -0.25) is 0 Å². The summed E-state index contributed by atoms with van der Waals surface area (Å²) in [4.78, 5) is 16.5. The molecule has 1 N–H and O–H groups in total. The van der Waals surface area contributed by atoms with Crippen molar-refractivity contribution in [3.8, 4) is 0 Å². The number of rotatable bonds is 5. The van der Waals surface area contributed by atoms with E-state index in [4.69, 9.17) is 9.47 Å². The van der Waals surface area contributed by atoms with Crippen molar-refractivity contribution >= 4 is 11.8 Å². The molecule has 5 nitrogen and oxygen atoms in total. The lowest BCUT2D eigenvalue weighted by Gasteiger charge is -2.31. The molecular weight excluding hydrogens is 280 g/mol. The molecule has 2 aliphatic rings. The van der Waals surface area contributed by atoms with Gasteiger partial charge in [0.1, 0.15) is 11.4 Å². The monoisotopic (exact) mass is 304 g/mol. The number of hydrogen-bond acceptors (Lipinski definition) is 5. The lowest BCUT2D eigenvalue weighted by Crippen LogP contribution is -2.35. The first-order valence-corrected chi connectivity index (χ1v) is 8.17. The van der Waals surface area contributed by atoms with Crippen molar-refractivity contribution in [2.24, 2.45) is 5.92 Å². The van der Waals surface area contributed by atoms with E-state index in [2.05, 4.69) is 10.3 Å². The lowest BCUT2D eigenvalue weighted by atomic mass is 10.00. The average molecular weight is 304 g/mol. The summed E-state index contributed by atoms with van der Waals surface area (Å²) in [5.74, 6) is 1.03. The molecule has 0 spiro atoms. The van der Waals surface area contributed by atoms with E-state index in [0.717, 1.165) is 25.4 Å². The number of carbonyl (C=O) groups is 1. The maximum absolute atomic E-state index is 12.2. The summed E-state index contributed by atoms with van der Waals surface area (Å²) >= 11 is 0. The van der Waals surface area contributed by atoms with Gasteiger partial charge in [0, 0.05) is 18.8 Å². The van der Waals surface area contributed by atoms with Crippen molar-refractivity contribution in [1.29, 1.82) is 0 Å². The largest absolute Gasteiger partial charge is 0.459 e. The highest BCUT2D eigenvalue weighted by molar-refractivity contribution is 5.94. The minimum absolute atomic E-state index is 0.136. The fourth-order valence-corrected chi connectivity index (χ4v) is 2.91. The minimum Gasteiger partial charge on any atom is -0.459 e. The van der Waals surface area contributed by atoms with Crippen LogP contribution in [-0.2, 0) is 9.47 Å². The van der Waals surface area contributed by atoms with Gasteiger partial charge >= 0.3 is 5.97 Å². The van der Waals surface area contributed by atoms with Crippen LogP contribution in [0.5, 0.6) is 0 Å². The van der Waals surface area contributed by atoms with Crippen molar-refractivity contribution in [3.63, 3.8) is 0 Å². The van der Waals surface area contributed by atoms with Gasteiger partial charge in [0.15, 0.2) is 0 Å². The van der Waals surface area contributed by atoms with Crippen LogP contribution in [0.4, 0.5) is 5.82 Å². The number of esters is 1. The second-order valence-electron chi connectivity index (χ2n) is 6.47. The molecule has 1 aromatic rings. The van der Waals surface area contributed by atoms with Gasteiger partial charge in [-0.1, -0.05) is 0 Å². The van der Waals surface area contributed by atoms with Crippen LogP contribution in [0.15, 0.2) is 18.3 Å². The molecule has 0 amide bonds. The van der Waals surface area contributed by atoms with E-state index >= 15 is 0 Å². The Morgan fingerprint density at radius 2 is 2.23 bits per heavy atom. The molecule has 2 atom stereocenters. The van der Waals surface area contributed by atoms with Gasteiger partial charge < -0.3 is 14.8 Å². The van der Waals surface area contributed by atoms with Crippen molar-refractivity contribution in [2.45, 2.75) is 57.8 Å². The number of nitrogens with zero attached hydrogens (tertiary/aromatic N) is 1. The van der Waals surface area contributed by atoms with E-state index in [1.165, 1.54) is 12.8 Å². The number of carbonyl (C=O) groups excluding carboxylic acids is 1. The Morgan fingerprint density at radius 3 is 2.95 bits per heavy atom. The summed E-state index contributed by atoms with van der Waals surface area (Å²) in [6.45, 7) is 4.47. The average Bonchev–Trinajstić information content (AvgIpc) is 3.32. The first-order valence-electron chi connectivity index (χ1n) is 8.17. The van der Waals surface area contributed by atoms with Crippen LogP contribution in [0.25, 0.3) is 0 Å². The normalized spacial score (nSPS) is 25.0. The van der Waals surface area contributed by atoms with Crippen LogP contribution in [-0.4, -0.2) is 35.8 Å². The fourth-order valence-electron chi connectivity index (χ4n) is 2.91. The van der Waals surface area contributed by atoms with E-state index in [-0.39, 0.29) is 12.1 Å². The van der Waals surface area contributed by atoms with Gasteiger partial charge in [0.05, 0.1) is 12.2 Å². The van der Waals surface area contributed by atoms with Crippen LogP contribution in [0, 0.1) is 5.92 Å². The van der Waals surface area contributed by atoms with Crippen molar-refractivity contribution in [3.05, 3.63) is 23.9 Å². The summed E-state index contributed by atoms with van der Waals surface area (Å²) in [7, 11) is 0. The van der Waals surface area contributed by atoms with E-state index in [0.29, 0.717) is 23.5 Å². The van der Waals surface area contributed by atoms with E-state index in [1.54, 1.807) is 18.3 Å². The van der Waals surface area contributed by atoms with Crippen molar-refractivity contribution < 1.29 is 14.3 Å². The zero-order chi connectivity index (χ0) is 15.5. The molecule has 3 rings (SSSR count). The molecule has 1 aliphatic heterocycles. The predicted molar refractivity (Wildman–Crippen MR) is 83.9 cm³/mol. The molecule has 1 aliphatic carbocycles. The Bertz CT molecular complexity index is 528. The van der Waals surface area contributed by atoms with E-state index < -0.39 is 0 Å². The molecule has 1 saturated carbocycles. The Morgan fingerprint density at radius 1 is 1.41 bits per heavy atom. The maximum Gasteiger partial charge on any atom is 0.342 e. The third-order valence-corrected chi connectivity index (χ3v) is 4.17. The highest BCUT2D eigenvalue weighted by Crippen LogP contribution is 2.38.